The molecule has 0 fully saturated rings. The summed E-state index contributed by atoms with van der Waals surface area (Å²) in [6, 6.07) is -0.0627. The maximum atomic E-state index is 12.9. The second kappa shape index (κ2) is 20.3. The van der Waals surface area contributed by atoms with Crippen LogP contribution in [0.2, 0.25) is 0 Å². The van der Waals surface area contributed by atoms with Crippen LogP contribution in [0.25, 0.3) is 0 Å². The predicted octanol–water partition coefficient (Wildman–Crippen LogP) is 12.4. The highest BCUT2D eigenvalue weighted by Gasteiger charge is 2.58. The van der Waals surface area contributed by atoms with Gasteiger partial charge in [0.1, 0.15) is 6.10 Å². The smallest absolute Gasteiger partial charge is 0.302 e. The first-order valence-electron chi connectivity index (χ1n) is 22.1. The Labute approximate surface area is 331 Å². The normalized spacial score (nSPS) is 20.2. The predicted molar refractivity (Wildman–Crippen MR) is 229 cm³/mol. The van der Waals surface area contributed by atoms with Gasteiger partial charge in [0.05, 0.1) is 6.10 Å². The van der Waals surface area contributed by atoms with E-state index in [9.17, 15) is 14.7 Å². The molecule has 0 radical (unpaired) electrons. The molecule has 0 rings (SSSR count). The third-order valence-electron chi connectivity index (χ3n) is 17.5. The SMILES string of the molecule is CCC(C)(CC)CC(OC(C)=O)C(C)(CC)C(C)(CC)CC(O)C(C)(CC)C(CC)(CC)CC(NC=O)C(CC)(CC)C(C)(CC)CC(N)C(C)(C)C. The fourth-order valence-corrected chi connectivity index (χ4v) is 11.0. The van der Waals surface area contributed by atoms with E-state index < -0.39 is 11.5 Å². The molecule has 53 heavy (non-hydrogen) atoms. The van der Waals surface area contributed by atoms with Crippen molar-refractivity contribution in [1.29, 1.82) is 0 Å². The number of hydrogen-bond donors (Lipinski definition) is 3. The summed E-state index contributed by atoms with van der Waals surface area (Å²) >= 11 is 0. The van der Waals surface area contributed by atoms with Crippen LogP contribution >= 0.6 is 0 Å². The second-order valence-electron chi connectivity index (χ2n) is 20.0. The highest BCUT2D eigenvalue weighted by atomic mass is 16.5. The van der Waals surface area contributed by atoms with Crippen molar-refractivity contribution in [3.05, 3.63) is 0 Å². The van der Waals surface area contributed by atoms with Gasteiger partial charge in [0.25, 0.3) is 0 Å². The van der Waals surface area contributed by atoms with Gasteiger partial charge in [-0.25, -0.2) is 0 Å². The molecule has 0 aromatic heterocycles. The van der Waals surface area contributed by atoms with Crippen LogP contribution in [0.5, 0.6) is 0 Å². The maximum absolute atomic E-state index is 12.9. The first-order chi connectivity index (χ1) is 24.3. The lowest BCUT2D eigenvalue weighted by molar-refractivity contribution is -0.174. The van der Waals surface area contributed by atoms with E-state index in [2.05, 4.69) is 130 Å². The van der Waals surface area contributed by atoms with Gasteiger partial charge in [-0.2, -0.15) is 0 Å². The van der Waals surface area contributed by atoms with E-state index >= 15 is 0 Å². The Balaban J connectivity index is 7.52. The molecule has 0 aliphatic rings. The molecule has 0 aliphatic carbocycles. The number of amides is 1. The first kappa shape index (κ1) is 51.9. The topological polar surface area (TPSA) is 102 Å². The van der Waals surface area contributed by atoms with Gasteiger partial charge < -0.3 is 20.9 Å². The Hall–Kier alpha value is -1.14. The van der Waals surface area contributed by atoms with Gasteiger partial charge in [-0.3, -0.25) is 9.59 Å². The monoisotopic (exact) mass is 751 g/mol. The lowest BCUT2D eigenvalue weighted by Crippen LogP contribution is -2.60. The highest BCUT2D eigenvalue weighted by Crippen LogP contribution is 2.62. The third-order valence-corrected chi connectivity index (χ3v) is 17.5. The van der Waals surface area contributed by atoms with Gasteiger partial charge in [0.2, 0.25) is 6.41 Å². The quantitative estimate of drug-likeness (QED) is 0.0573. The number of nitrogens with one attached hydrogen (secondary N) is 1. The van der Waals surface area contributed by atoms with Gasteiger partial charge in [-0.05, 0) is 109 Å². The Kier molecular flexibility index (Phi) is 19.9. The molecule has 0 heterocycles. The molecular formula is C47H94N2O4. The van der Waals surface area contributed by atoms with Crippen molar-refractivity contribution in [2.24, 2.45) is 49.1 Å². The number of carbonyl (C=O) groups is 2. The molecule has 0 spiro atoms. The average Bonchev–Trinajstić information content (AvgIpc) is 3.12. The fraction of sp³-hybridized carbons (Fsp3) is 0.957. The third kappa shape index (κ3) is 10.6. The van der Waals surface area contributed by atoms with Crippen LogP contribution in [0, 0.1) is 43.3 Å². The van der Waals surface area contributed by atoms with E-state index in [1.807, 2.05) is 0 Å². The van der Waals surface area contributed by atoms with E-state index in [0.717, 1.165) is 89.9 Å². The molecule has 316 valence electrons. The molecule has 4 N–H and O–H groups in total. The zero-order valence-electron chi connectivity index (χ0n) is 39.0. The summed E-state index contributed by atoms with van der Waals surface area (Å²) in [7, 11) is 0. The Bertz CT molecular complexity index is 1090. The zero-order chi connectivity index (χ0) is 41.9. The van der Waals surface area contributed by atoms with E-state index in [1.165, 1.54) is 6.92 Å². The number of hydrogen-bond acceptors (Lipinski definition) is 5. The minimum atomic E-state index is -0.605. The van der Waals surface area contributed by atoms with Crippen LogP contribution in [0.15, 0.2) is 0 Å². The molecular weight excluding hydrogens is 657 g/mol. The second-order valence-corrected chi connectivity index (χ2v) is 20.0. The lowest BCUT2D eigenvalue weighted by Gasteiger charge is -2.60. The number of carbonyl (C=O) groups excluding carboxylic acids is 2. The molecule has 0 aromatic rings. The summed E-state index contributed by atoms with van der Waals surface area (Å²) in [5, 5.41) is 16.4. The van der Waals surface area contributed by atoms with Crippen molar-refractivity contribution < 1.29 is 19.4 Å². The summed E-state index contributed by atoms with van der Waals surface area (Å²) in [5.41, 5.74) is 5.32. The minimum Gasteiger partial charge on any atom is -0.462 e. The minimum absolute atomic E-state index is 0.0227. The number of aliphatic hydroxyl groups excluding tert-OH is 1. The van der Waals surface area contributed by atoms with Gasteiger partial charge in [-0.15, -0.1) is 0 Å². The first-order valence-corrected chi connectivity index (χ1v) is 22.1. The summed E-state index contributed by atoms with van der Waals surface area (Å²) in [6.45, 7) is 42.6. The Morgan fingerprint density at radius 3 is 1.43 bits per heavy atom. The van der Waals surface area contributed by atoms with Crippen molar-refractivity contribution in [1.82, 2.24) is 5.32 Å². The number of nitrogens with two attached hydrogens (primary N) is 1. The van der Waals surface area contributed by atoms with Gasteiger partial charge in [0.15, 0.2) is 0 Å². The fourth-order valence-electron chi connectivity index (χ4n) is 11.0. The van der Waals surface area contributed by atoms with Gasteiger partial charge >= 0.3 is 5.97 Å². The van der Waals surface area contributed by atoms with Crippen molar-refractivity contribution in [3.63, 3.8) is 0 Å². The summed E-state index contributed by atoms with van der Waals surface area (Å²) in [6.07, 6.45) is 12.3. The summed E-state index contributed by atoms with van der Waals surface area (Å²) < 4.78 is 6.32. The maximum Gasteiger partial charge on any atom is 0.302 e. The molecule has 0 saturated carbocycles. The molecule has 0 aromatic carbocycles. The standard InChI is InChI=1S/C47H94N2O4/c1-20-41(15,21-2)33-39(53-35(11)51)45(19,25-6)42(16,22-3)32-38(52)44(18,24-5)46(26-7,27-8)31-37(49-34-50)47(28-9,29-10)43(17,23-4)30-36(48)40(12,13)14/h34,36-39,52H,20-33,48H2,1-19H3,(H,49,50). The number of esters is 1. The molecule has 0 saturated heterocycles. The lowest BCUT2D eigenvalue weighted by atomic mass is 9.47. The van der Waals surface area contributed by atoms with E-state index in [-0.39, 0.29) is 62.1 Å². The zero-order valence-corrected chi connectivity index (χ0v) is 39.0. The molecule has 6 nitrogen and oxygen atoms in total. The molecule has 6 heteroatoms. The van der Waals surface area contributed by atoms with E-state index in [4.69, 9.17) is 10.5 Å². The Morgan fingerprint density at radius 1 is 0.642 bits per heavy atom. The molecule has 1 amide bonds. The number of ether oxygens (including phenoxy) is 1. The van der Waals surface area contributed by atoms with Crippen LogP contribution in [-0.2, 0) is 14.3 Å². The van der Waals surface area contributed by atoms with Crippen LogP contribution in [0.4, 0.5) is 0 Å². The average molecular weight is 751 g/mol. The van der Waals surface area contributed by atoms with Crippen LogP contribution in [-0.4, -0.2) is 41.8 Å². The summed E-state index contributed by atoms with van der Waals surface area (Å²) in [5.74, 6) is -0.232. The molecule has 8 unspecified atom stereocenters. The van der Waals surface area contributed by atoms with Crippen molar-refractivity contribution in [3.8, 4) is 0 Å². The highest BCUT2D eigenvalue weighted by molar-refractivity contribution is 5.66. The van der Waals surface area contributed by atoms with Crippen LogP contribution < -0.4 is 11.1 Å². The largest absolute Gasteiger partial charge is 0.462 e. The van der Waals surface area contributed by atoms with E-state index in [0.29, 0.717) is 6.42 Å². The van der Waals surface area contributed by atoms with Crippen molar-refractivity contribution in [2.45, 2.75) is 246 Å². The van der Waals surface area contributed by atoms with Crippen molar-refractivity contribution in [2.75, 3.05) is 0 Å². The van der Waals surface area contributed by atoms with E-state index in [1.54, 1.807) is 0 Å². The van der Waals surface area contributed by atoms with Gasteiger partial charge in [-0.1, -0.05) is 144 Å². The van der Waals surface area contributed by atoms with Crippen molar-refractivity contribution >= 4 is 12.4 Å². The molecule has 0 bridgehead atoms. The number of rotatable bonds is 27. The van der Waals surface area contributed by atoms with Gasteiger partial charge in [0, 0.05) is 24.4 Å². The number of aliphatic hydroxyl groups is 1. The molecule has 0 aliphatic heterocycles. The summed E-state index contributed by atoms with van der Waals surface area (Å²) in [4.78, 5) is 25.3. The van der Waals surface area contributed by atoms with Crippen LogP contribution in [0.1, 0.15) is 221 Å². The van der Waals surface area contributed by atoms with Crippen LogP contribution in [0.3, 0.4) is 0 Å². The molecule has 8 atom stereocenters. The Morgan fingerprint density at radius 2 is 1.11 bits per heavy atom.